The van der Waals surface area contributed by atoms with Gasteiger partial charge in [0, 0.05) is 11.6 Å². The molecule has 0 atom stereocenters. The van der Waals surface area contributed by atoms with E-state index in [1.54, 1.807) is 12.1 Å². The first-order chi connectivity index (χ1) is 10.8. The maximum atomic E-state index is 11.5. The minimum absolute atomic E-state index is 0.0822. The fraction of sp³-hybridized carbons (Fsp3) is 0.0625. The van der Waals surface area contributed by atoms with E-state index in [2.05, 4.69) is 10.1 Å². The Hall–Kier alpha value is -3.15. The van der Waals surface area contributed by atoms with Gasteiger partial charge in [-0.2, -0.15) is 4.98 Å². The van der Waals surface area contributed by atoms with Crippen molar-refractivity contribution in [2.75, 3.05) is 0 Å². The number of esters is 1. The highest BCUT2D eigenvalue weighted by molar-refractivity contribution is 5.86. The maximum absolute atomic E-state index is 11.5. The highest BCUT2D eigenvalue weighted by atomic mass is 16.6. The van der Waals surface area contributed by atoms with Gasteiger partial charge in [0.25, 0.3) is 5.89 Å². The topological polar surface area (TPSA) is 78.4 Å². The van der Waals surface area contributed by atoms with Crippen LogP contribution in [0, 0.1) is 0 Å². The molecule has 3 aromatic rings. The van der Waals surface area contributed by atoms with Crippen LogP contribution in [0.5, 0.6) is 0 Å². The van der Waals surface area contributed by atoms with E-state index in [0.29, 0.717) is 11.6 Å². The van der Waals surface area contributed by atoms with E-state index in [1.165, 1.54) is 18.4 Å². The molecule has 6 heteroatoms. The summed E-state index contributed by atoms with van der Waals surface area (Å²) in [7, 11) is 0. The van der Waals surface area contributed by atoms with Gasteiger partial charge in [-0.1, -0.05) is 35.5 Å². The van der Waals surface area contributed by atoms with Crippen molar-refractivity contribution in [1.29, 1.82) is 0 Å². The van der Waals surface area contributed by atoms with Gasteiger partial charge < -0.3 is 13.7 Å². The van der Waals surface area contributed by atoms with E-state index in [9.17, 15) is 4.79 Å². The van der Waals surface area contributed by atoms with Crippen molar-refractivity contribution in [3.05, 3.63) is 66.5 Å². The molecule has 0 bridgehead atoms. The lowest BCUT2D eigenvalue weighted by Crippen LogP contribution is -2.00. The van der Waals surface area contributed by atoms with Crippen LogP contribution in [-0.4, -0.2) is 16.1 Å². The molecule has 110 valence electrons. The molecule has 3 rings (SSSR count). The molecule has 0 saturated carbocycles. The van der Waals surface area contributed by atoms with E-state index in [1.807, 2.05) is 30.3 Å². The van der Waals surface area contributed by atoms with Crippen molar-refractivity contribution in [3.63, 3.8) is 0 Å². The zero-order valence-corrected chi connectivity index (χ0v) is 11.5. The molecule has 0 spiro atoms. The van der Waals surface area contributed by atoms with Crippen LogP contribution < -0.4 is 0 Å². The highest BCUT2D eigenvalue weighted by Crippen LogP contribution is 2.15. The standard InChI is InChI=1S/C16H12N2O4/c19-15(9-8-13-7-4-10-20-13)21-11-14-17-16(18-22-14)12-5-2-1-3-6-12/h1-10H,11H2/b9-8+. The van der Waals surface area contributed by atoms with Gasteiger partial charge in [0.1, 0.15) is 5.76 Å². The largest absolute Gasteiger partial charge is 0.465 e. The predicted molar refractivity (Wildman–Crippen MR) is 77.3 cm³/mol. The molecule has 0 radical (unpaired) electrons. The summed E-state index contributed by atoms with van der Waals surface area (Å²) >= 11 is 0. The number of aromatic nitrogens is 2. The van der Waals surface area contributed by atoms with E-state index in [-0.39, 0.29) is 12.5 Å². The van der Waals surface area contributed by atoms with E-state index in [0.717, 1.165) is 5.56 Å². The second-order valence-corrected chi connectivity index (χ2v) is 4.33. The van der Waals surface area contributed by atoms with E-state index >= 15 is 0 Å². The number of hydrogen-bond donors (Lipinski definition) is 0. The number of ether oxygens (including phenoxy) is 1. The zero-order chi connectivity index (χ0) is 15.2. The van der Waals surface area contributed by atoms with Crippen molar-refractivity contribution in [3.8, 4) is 11.4 Å². The summed E-state index contributed by atoms with van der Waals surface area (Å²) in [5, 5.41) is 3.84. The minimum atomic E-state index is -0.518. The molecule has 2 aromatic heterocycles. The molecular weight excluding hydrogens is 284 g/mol. The minimum Gasteiger partial charge on any atom is -0.465 e. The van der Waals surface area contributed by atoms with E-state index < -0.39 is 5.97 Å². The third kappa shape index (κ3) is 3.49. The molecule has 0 unspecified atom stereocenters. The zero-order valence-electron chi connectivity index (χ0n) is 11.5. The molecule has 6 nitrogen and oxygen atoms in total. The van der Waals surface area contributed by atoms with Crippen molar-refractivity contribution in [2.24, 2.45) is 0 Å². The Bertz CT molecular complexity index is 761. The average molecular weight is 296 g/mol. The molecule has 0 aliphatic rings. The normalized spacial score (nSPS) is 10.9. The third-order valence-electron chi connectivity index (χ3n) is 2.76. The van der Waals surface area contributed by atoms with Crippen LogP contribution in [0.3, 0.4) is 0 Å². The quantitative estimate of drug-likeness (QED) is 0.532. The Morgan fingerprint density at radius 2 is 2.05 bits per heavy atom. The molecule has 22 heavy (non-hydrogen) atoms. The first kappa shape index (κ1) is 13.8. The van der Waals surface area contributed by atoms with Gasteiger partial charge in [0.2, 0.25) is 5.82 Å². The molecule has 2 heterocycles. The Morgan fingerprint density at radius 1 is 1.18 bits per heavy atom. The van der Waals surface area contributed by atoms with Crippen LogP contribution >= 0.6 is 0 Å². The van der Waals surface area contributed by atoms with Crippen LogP contribution in [0.25, 0.3) is 17.5 Å². The predicted octanol–water partition coefficient (Wildman–Crippen LogP) is 3.09. The van der Waals surface area contributed by atoms with Gasteiger partial charge in [0.15, 0.2) is 6.61 Å². The molecule has 0 aliphatic heterocycles. The summed E-state index contributed by atoms with van der Waals surface area (Å²) in [6, 6.07) is 12.9. The summed E-state index contributed by atoms with van der Waals surface area (Å²) in [5.41, 5.74) is 0.835. The Morgan fingerprint density at radius 3 is 2.82 bits per heavy atom. The molecule has 0 amide bonds. The number of benzene rings is 1. The first-order valence-corrected chi connectivity index (χ1v) is 6.57. The lowest BCUT2D eigenvalue weighted by atomic mass is 10.2. The average Bonchev–Trinajstić information content (AvgIpc) is 3.23. The number of nitrogens with zero attached hydrogens (tertiary/aromatic N) is 2. The summed E-state index contributed by atoms with van der Waals surface area (Å²) in [6.45, 7) is -0.0822. The van der Waals surface area contributed by atoms with Crippen molar-refractivity contribution >= 4 is 12.0 Å². The Kier molecular flexibility index (Phi) is 4.10. The number of carbonyl (C=O) groups excluding carboxylic acids is 1. The van der Waals surface area contributed by atoms with Gasteiger partial charge >= 0.3 is 5.97 Å². The SMILES string of the molecule is O=C(/C=C/c1ccco1)OCc1nc(-c2ccccc2)no1. The van der Waals surface area contributed by atoms with Crippen LogP contribution in [0.4, 0.5) is 0 Å². The van der Waals surface area contributed by atoms with Crippen LogP contribution in [0.1, 0.15) is 11.7 Å². The monoisotopic (exact) mass is 296 g/mol. The summed E-state index contributed by atoms with van der Waals surface area (Å²) in [6.07, 6.45) is 4.31. The fourth-order valence-electron chi connectivity index (χ4n) is 1.74. The van der Waals surface area contributed by atoms with Gasteiger partial charge in [-0.05, 0) is 18.2 Å². The van der Waals surface area contributed by atoms with E-state index in [4.69, 9.17) is 13.7 Å². The lowest BCUT2D eigenvalue weighted by molar-refractivity contribution is -0.139. The molecular formula is C16H12N2O4. The van der Waals surface area contributed by atoms with Crippen LogP contribution in [0.2, 0.25) is 0 Å². The van der Waals surface area contributed by atoms with Gasteiger partial charge in [-0.25, -0.2) is 4.79 Å². The summed E-state index contributed by atoms with van der Waals surface area (Å²) in [5.74, 6) is 0.744. The molecule has 1 aromatic carbocycles. The molecule has 0 aliphatic carbocycles. The van der Waals surface area contributed by atoms with Crippen molar-refractivity contribution < 1.29 is 18.5 Å². The second-order valence-electron chi connectivity index (χ2n) is 4.33. The Balaban J connectivity index is 1.56. The van der Waals surface area contributed by atoms with Crippen molar-refractivity contribution in [2.45, 2.75) is 6.61 Å². The van der Waals surface area contributed by atoms with Gasteiger partial charge in [-0.15, -0.1) is 0 Å². The smallest absolute Gasteiger partial charge is 0.331 e. The molecule has 0 fully saturated rings. The maximum Gasteiger partial charge on any atom is 0.331 e. The third-order valence-corrected chi connectivity index (χ3v) is 2.76. The first-order valence-electron chi connectivity index (χ1n) is 6.57. The van der Waals surface area contributed by atoms with Crippen LogP contribution in [-0.2, 0) is 16.1 Å². The molecule has 0 saturated heterocycles. The lowest BCUT2D eigenvalue weighted by Gasteiger charge is -1.95. The number of hydrogen-bond acceptors (Lipinski definition) is 6. The number of furan rings is 1. The van der Waals surface area contributed by atoms with Gasteiger partial charge in [-0.3, -0.25) is 0 Å². The second kappa shape index (κ2) is 6.53. The fourth-order valence-corrected chi connectivity index (χ4v) is 1.74. The highest BCUT2D eigenvalue weighted by Gasteiger charge is 2.09. The van der Waals surface area contributed by atoms with Crippen LogP contribution in [0.15, 0.2) is 63.7 Å². The summed E-state index contributed by atoms with van der Waals surface area (Å²) in [4.78, 5) is 15.7. The van der Waals surface area contributed by atoms with Crippen molar-refractivity contribution in [1.82, 2.24) is 10.1 Å². The number of carbonyl (C=O) groups is 1. The summed E-state index contributed by atoms with van der Waals surface area (Å²) < 4.78 is 15.1. The van der Waals surface area contributed by atoms with Gasteiger partial charge in [0.05, 0.1) is 6.26 Å². The molecule has 0 N–H and O–H groups in total. The number of rotatable bonds is 5. The Labute approximate surface area is 126 Å².